The van der Waals surface area contributed by atoms with Crippen LogP contribution in [-0.4, -0.2) is 47.3 Å². The average Bonchev–Trinajstić information content (AvgIpc) is 2.84. The molecule has 0 aromatic heterocycles. The van der Waals surface area contributed by atoms with E-state index < -0.39 is 59.0 Å². The number of hydrogen-bond donors (Lipinski definition) is 3. The molecule has 0 heterocycles. The lowest BCUT2D eigenvalue weighted by Gasteiger charge is -2.56. The molecule has 206 valence electrons. The van der Waals surface area contributed by atoms with Crippen molar-refractivity contribution in [3.05, 3.63) is 58.6 Å². The molecule has 13 heteroatoms. The summed E-state index contributed by atoms with van der Waals surface area (Å²) in [4.78, 5) is 25.0. The zero-order chi connectivity index (χ0) is 27.7. The van der Waals surface area contributed by atoms with E-state index in [1.165, 1.54) is 12.1 Å². The highest BCUT2D eigenvalue weighted by molar-refractivity contribution is 6.30. The normalized spacial score (nSPS) is 24.6. The van der Waals surface area contributed by atoms with Crippen LogP contribution in [0.15, 0.2) is 36.4 Å². The molecule has 38 heavy (non-hydrogen) atoms. The topological polar surface area (TPSA) is 96.9 Å². The molecule has 2 amide bonds. The van der Waals surface area contributed by atoms with Gasteiger partial charge in [-0.25, -0.2) is 8.78 Å². The number of carbonyl (C=O) groups excluding carboxylic acids is 2. The number of aliphatic hydroxyl groups is 1. The first-order valence-electron chi connectivity index (χ1n) is 11.7. The van der Waals surface area contributed by atoms with Crippen LogP contribution in [0.4, 0.5) is 22.0 Å². The van der Waals surface area contributed by atoms with E-state index in [0.717, 1.165) is 12.1 Å². The van der Waals surface area contributed by atoms with Crippen molar-refractivity contribution in [2.75, 3.05) is 13.2 Å². The van der Waals surface area contributed by atoms with Gasteiger partial charge < -0.3 is 25.2 Å². The fourth-order valence-corrected chi connectivity index (χ4v) is 5.10. The Morgan fingerprint density at radius 2 is 1.47 bits per heavy atom. The number of fused-ring (bicyclic) bond motifs is 3. The van der Waals surface area contributed by atoms with Gasteiger partial charge in [0.05, 0.1) is 22.2 Å². The van der Waals surface area contributed by atoms with Crippen LogP contribution in [0.25, 0.3) is 0 Å². The van der Waals surface area contributed by atoms with Gasteiger partial charge in [0.1, 0.15) is 23.1 Å². The molecule has 2 bridgehead atoms. The lowest BCUT2D eigenvalue weighted by Crippen LogP contribution is -2.70. The smallest absolute Gasteiger partial charge is 0.419 e. The van der Waals surface area contributed by atoms with E-state index in [4.69, 9.17) is 21.1 Å². The highest BCUT2D eigenvalue weighted by atomic mass is 35.5. The third-order valence-electron chi connectivity index (χ3n) is 6.99. The maximum Gasteiger partial charge on any atom is 0.419 e. The van der Waals surface area contributed by atoms with Crippen LogP contribution in [0.3, 0.4) is 0 Å². The van der Waals surface area contributed by atoms with Crippen molar-refractivity contribution in [1.29, 1.82) is 0 Å². The number of alkyl halides is 3. The minimum absolute atomic E-state index is 0.0743. The summed E-state index contributed by atoms with van der Waals surface area (Å²) in [6, 6.07) is 5.79. The predicted molar refractivity (Wildman–Crippen MR) is 125 cm³/mol. The standard InChI is InChI=1S/C25H24ClF5N2O5/c26-17-4-2-15(10-19(17)28)37-12-21(35)32-23-5-7-24(8-6-23,20(34)11-23)33-22(36)13-38-14-1-3-16(18(27)9-14)25(29,30)31/h1-4,9-10,20,34H,5-8,11-13H2,(H,32,35)(H,33,36)/t20-,23?,24?/m0/s1. The van der Waals surface area contributed by atoms with Crippen LogP contribution in [0.1, 0.15) is 37.7 Å². The minimum Gasteiger partial charge on any atom is -0.484 e. The molecular formula is C25H24ClF5N2O5. The predicted octanol–water partition coefficient (Wildman–Crippen LogP) is 4.14. The molecule has 3 fully saturated rings. The van der Waals surface area contributed by atoms with Gasteiger partial charge in [-0.1, -0.05) is 11.6 Å². The van der Waals surface area contributed by atoms with E-state index in [1.54, 1.807) is 0 Å². The second-order valence-corrected chi connectivity index (χ2v) is 9.95. The van der Waals surface area contributed by atoms with Gasteiger partial charge in [-0.3, -0.25) is 9.59 Å². The number of aliphatic hydroxyl groups excluding tert-OH is 1. The molecule has 3 saturated carbocycles. The number of hydrogen-bond acceptors (Lipinski definition) is 5. The maximum atomic E-state index is 13.7. The average molecular weight is 563 g/mol. The summed E-state index contributed by atoms with van der Waals surface area (Å²) < 4.78 is 75.8. The van der Waals surface area contributed by atoms with Gasteiger partial charge in [-0.2, -0.15) is 13.2 Å². The van der Waals surface area contributed by atoms with Gasteiger partial charge in [0.15, 0.2) is 13.2 Å². The summed E-state index contributed by atoms with van der Waals surface area (Å²) in [5.74, 6) is -3.40. The Morgan fingerprint density at radius 1 is 0.921 bits per heavy atom. The lowest BCUT2D eigenvalue weighted by atomic mass is 9.60. The number of carbonyl (C=O) groups is 2. The Hall–Kier alpha value is -3.12. The van der Waals surface area contributed by atoms with E-state index in [-0.39, 0.29) is 29.5 Å². The molecule has 0 unspecified atom stereocenters. The zero-order valence-corrected chi connectivity index (χ0v) is 20.6. The highest BCUT2D eigenvalue weighted by Crippen LogP contribution is 2.47. The third-order valence-corrected chi connectivity index (χ3v) is 7.30. The highest BCUT2D eigenvalue weighted by Gasteiger charge is 2.55. The van der Waals surface area contributed by atoms with Gasteiger partial charge in [0.25, 0.3) is 11.8 Å². The van der Waals surface area contributed by atoms with E-state index in [2.05, 4.69) is 10.6 Å². The van der Waals surface area contributed by atoms with E-state index >= 15 is 0 Å². The Labute approximate surface area is 219 Å². The number of amides is 2. The summed E-state index contributed by atoms with van der Waals surface area (Å²) in [5.41, 5.74) is -3.11. The Kier molecular flexibility index (Phi) is 7.76. The number of halogens is 6. The summed E-state index contributed by atoms with van der Waals surface area (Å²) in [5, 5.41) is 16.4. The largest absolute Gasteiger partial charge is 0.484 e. The summed E-state index contributed by atoms with van der Waals surface area (Å²) in [6.45, 7) is -0.966. The van der Waals surface area contributed by atoms with Gasteiger partial charge in [0, 0.05) is 17.7 Å². The van der Waals surface area contributed by atoms with E-state index in [1.807, 2.05) is 0 Å². The van der Waals surface area contributed by atoms with Crippen LogP contribution in [0.5, 0.6) is 11.5 Å². The van der Waals surface area contributed by atoms with Crippen LogP contribution < -0.4 is 20.1 Å². The van der Waals surface area contributed by atoms with Crippen molar-refractivity contribution in [2.45, 2.75) is 55.5 Å². The first kappa shape index (κ1) is 27.9. The Balaban J connectivity index is 1.28. The van der Waals surface area contributed by atoms with Crippen LogP contribution in [0.2, 0.25) is 5.02 Å². The van der Waals surface area contributed by atoms with Gasteiger partial charge in [-0.15, -0.1) is 0 Å². The molecule has 3 N–H and O–H groups in total. The first-order valence-corrected chi connectivity index (χ1v) is 12.1. The second-order valence-electron chi connectivity index (χ2n) is 9.55. The Bertz CT molecular complexity index is 1220. The second kappa shape index (κ2) is 10.6. The summed E-state index contributed by atoms with van der Waals surface area (Å²) >= 11 is 5.63. The van der Waals surface area contributed by atoms with Crippen molar-refractivity contribution >= 4 is 23.4 Å². The summed E-state index contributed by atoms with van der Waals surface area (Å²) in [6.07, 6.45) is -4.08. The van der Waals surface area contributed by atoms with Gasteiger partial charge >= 0.3 is 6.18 Å². The molecule has 3 aliphatic carbocycles. The first-order chi connectivity index (χ1) is 17.8. The molecule has 0 spiro atoms. The molecule has 0 saturated heterocycles. The SMILES string of the molecule is O=C(COc1ccc(Cl)c(F)c1)NC12CCC(NC(=O)COc3ccc(C(F)(F)F)c(F)c3)(CC1)[C@@H](O)C2. The van der Waals surface area contributed by atoms with E-state index in [9.17, 15) is 36.6 Å². The number of benzene rings is 2. The lowest BCUT2D eigenvalue weighted by molar-refractivity contribution is -0.140. The quantitative estimate of drug-likeness (QED) is 0.420. The monoisotopic (exact) mass is 562 g/mol. The molecule has 2 aromatic rings. The van der Waals surface area contributed by atoms with Gasteiger partial charge in [0.2, 0.25) is 0 Å². The number of nitrogens with one attached hydrogen (secondary N) is 2. The zero-order valence-electron chi connectivity index (χ0n) is 19.8. The molecule has 3 aliphatic rings. The van der Waals surface area contributed by atoms with Crippen LogP contribution >= 0.6 is 11.6 Å². The number of ether oxygens (including phenoxy) is 2. The third kappa shape index (κ3) is 6.12. The van der Waals surface area contributed by atoms with Crippen molar-refractivity contribution in [3.63, 3.8) is 0 Å². The van der Waals surface area contributed by atoms with Crippen LogP contribution in [-0.2, 0) is 15.8 Å². The molecule has 1 atom stereocenters. The summed E-state index contributed by atoms with van der Waals surface area (Å²) in [7, 11) is 0. The molecule has 5 rings (SSSR count). The molecule has 0 radical (unpaired) electrons. The molecule has 7 nitrogen and oxygen atoms in total. The Morgan fingerprint density at radius 3 is 2.00 bits per heavy atom. The van der Waals surface area contributed by atoms with Crippen molar-refractivity contribution < 1.29 is 46.1 Å². The molecule has 2 aromatic carbocycles. The molecule has 0 aliphatic heterocycles. The van der Waals surface area contributed by atoms with Gasteiger partial charge in [-0.05, 0) is 56.4 Å². The minimum atomic E-state index is -4.85. The number of rotatable bonds is 8. The fraction of sp³-hybridized carbons (Fsp3) is 0.440. The van der Waals surface area contributed by atoms with Crippen molar-refractivity contribution in [2.24, 2.45) is 0 Å². The van der Waals surface area contributed by atoms with Crippen LogP contribution in [0, 0.1) is 11.6 Å². The van der Waals surface area contributed by atoms with Crippen molar-refractivity contribution in [1.82, 2.24) is 10.6 Å². The molecular weight excluding hydrogens is 539 g/mol. The van der Waals surface area contributed by atoms with Crippen molar-refractivity contribution in [3.8, 4) is 11.5 Å². The van der Waals surface area contributed by atoms with E-state index in [0.29, 0.717) is 37.8 Å². The maximum absolute atomic E-state index is 13.7. The fourth-order valence-electron chi connectivity index (χ4n) is 4.99.